The molecule has 0 saturated heterocycles. The minimum absolute atomic E-state index is 0.577. The topological polar surface area (TPSA) is 27.1 Å². The van der Waals surface area contributed by atoms with Crippen molar-refractivity contribution >= 4 is 21.8 Å². The second-order valence-electron chi connectivity index (χ2n) is 7.22. The van der Waals surface area contributed by atoms with E-state index in [0.29, 0.717) is 6.61 Å². The lowest BCUT2D eigenvalue weighted by atomic mass is 10.1. The summed E-state index contributed by atoms with van der Waals surface area (Å²) < 4.78 is 8.48. The number of aryl methyl sites for hydroxylation is 1. The third kappa shape index (κ3) is 3.25. The van der Waals surface area contributed by atoms with Crippen LogP contribution in [0, 0.1) is 6.92 Å². The molecule has 29 heavy (non-hydrogen) atoms. The van der Waals surface area contributed by atoms with E-state index in [2.05, 4.69) is 84.3 Å². The van der Waals surface area contributed by atoms with Gasteiger partial charge in [0.25, 0.3) is 0 Å². The Labute approximate surface area is 170 Å². The van der Waals surface area contributed by atoms with E-state index in [1.165, 1.54) is 10.9 Å². The molecule has 4 aromatic carbocycles. The Kier molecular flexibility index (Phi) is 4.49. The molecule has 5 aromatic rings. The molecular weight excluding hydrogens is 356 g/mol. The van der Waals surface area contributed by atoms with Crippen LogP contribution in [0.4, 0.5) is 0 Å². The summed E-state index contributed by atoms with van der Waals surface area (Å²) in [5.41, 5.74) is 4.52. The average molecular weight is 378 g/mol. The molecule has 0 aliphatic heterocycles. The molecule has 0 bridgehead atoms. The highest BCUT2D eigenvalue weighted by atomic mass is 16.5. The van der Waals surface area contributed by atoms with E-state index >= 15 is 0 Å². The lowest BCUT2D eigenvalue weighted by Gasteiger charge is -2.13. The summed E-state index contributed by atoms with van der Waals surface area (Å²) >= 11 is 0. The maximum absolute atomic E-state index is 6.21. The molecule has 1 aromatic heterocycles. The fourth-order valence-electron chi connectivity index (χ4n) is 3.90. The predicted molar refractivity (Wildman–Crippen MR) is 119 cm³/mol. The summed E-state index contributed by atoms with van der Waals surface area (Å²) in [7, 11) is 0. The molecule has 1 heterocycles. The van der Waals surface area contributed by atoms with Gasteiger partial charge in [0.15, 0.2) is 0 Å². The van der Waals surface area contributed by atoms with E-state index in [4.69, 9.17) is 9.72 Å². The molecule has 0 saturated carbocycles. The van der Waals surface area contributed by atoms with Crippen LogP contribution in [0.3, 0.4) is 0 Å². The van der Waals surface area contributed by atoms with Crippen LogP contribution >= 0.6 is 0 Å². The quantitative estimate of drug-likeness (QED) is 0.362. The fourth-order valence-corrected chi connectivity index (χ4v) is 3.90. The molecular formula is C26H22N2O. The normalized spacial score (nSPS) is 11.2. The van der Waals surface area contributed by atoms with Crippen LogP contribution in [0.5, 0.6) is 5.75 Å². The number of rotatable bonds is 5. The van der Waals surface area contributed by atoms with Crippen molar-refractivity contribution in [2.45, 2.75) is 13.5 Å². The number of para-hydroxylation sites is 2. The van der Waals surface area contributed by atoms with Crippen LogP contribution < -0.4 is 4.74 Å². The molecule has 0 amide bonds. The predicted octanol–water partition coefficient (Wildman–Crippen LogP) is 6.24. The SMILES string of the molecule is Cc1ccccc1-c1nc2ccccc2n1CCOc1cccc2ccccc12. The van der Waals surface area contributed by atoms with E-state index in [1.54, 1.807) is 0 Å². The summed E-state index contributed by atoms with van der Waals surface area (Å²) in [6, 6.07) is 31.2. The van der Waals surface area contributed by atoms with Gasteiger partial charge in [0.1, 0.15) is 18.2 Å². The average Bonchev–Trinajstić information content (AvgIpc) is 3.13. The van der Waals surface area contributed by atoms with Gasteiger partial charge in [-0.15, -0.1) is 0 Å². The summed E-state index contributed by atoms with van der Waals surface area (Å²) in [6.45, 7) is 3.44. The first-order valence-electron chi connectivity index (χ1n) is 9.93. The van der Waals surface area contributed by atoms with Crippen molar-refractivity contribution in [1.29, 1.82) is 0 Å². The van der Waals surface area contributed by atoms with Gasteiger partial charge in [0.05, 0.1) is 17.6 Å². The highest BCUT2D eigenvalue weighted by molar-refractivity contribution is 5.88. The van der Waals surface area contributed by atoms with Crippen LogP contribution in [-0.4, -0.2) is 16.2 Å². The largest absolute Gasteiger partial charge is 0.491 e. The zero-order valence-corrected chi connectivity index (χ0v) is 16.4. The Bertz CT molecular complexity index is 1300. The molecule has 0 aliphatic rings. The van der Waals surface area contributed by atoms with Gasteiger partial charge in [0, 0.05) is 10.9 Å². The van der Waals surface area contributed by atoms with Gasteiger partial charge < -0.3 is 9.30 Å². The number of hydrogen-bond donors (Lipinski definition) is 0. The standard InChI is InChI=1S/C26H22N2O/c1-19-9-2-4-12-21(19)26-27-23-14-6-7-15-24(23)28(26)17-18-29-25-16-8-11-20-10-3-5-13-22(20)25/h2-16H,17-18H2,1H3. The number of ether oxygens (including phenoxy) is 1. The summed E-state index contributed by atoms with van der Waals surface area (Å²) in [5, 5.41) is 2.34. The molecule has 3 nitrogen and oxygen atoms in total. The molecule has 5 rings (SSSR count). The van der Waals surface area contributed by atoms with Crippen LogP contribution in [0.2, 0.25) is 0 Å². The Morgan fingerprint density at radius 3 is 2.48 bits per heavy atom. The highest BCUT2D eigenvalue weighted by Gasteiger charge is 2.14. The van der Waals surface area contributed by atoms with Crippen molar-refractivity contribution in [3.8, 4) is 17.1 Å². The van der Waals surface area contributed by atoms with E-state index < -0.39 is 0 Å². The summed E-state index contributed by atoms with van der Waals surface area (Å²) in [6.07, 6.45) is 0. The van der Waals surface area contributed by atoms with Crippen LogP contribution in [0.15, 0.2) is 91.0 Å². The maximum atomic E-state index is 6.21. The molecule has 0 aliphatic carbocycles. The summed E-state index contributed by atoms with van der Waals surface area (Å²) in [4.78, 5) is 4.93. The fraction of sp³-hybridized carbons (Fsp3) is 0.115. The maximum Gasteiger partial charge on any atom is 0.141 e. The van der Waals surface area contributed by atoms with E-state index in [9.17, 15) is 0 Å². The molecule has 0 N–H and O–H groups in total. The molecule has 0 fully saturated rings. The van der Waals surface area contributed by atoms with Gasteiger partial charge in [-0.2, -0.15) is 0 Å². The number of nitrogens with zero attached hydrogens (tertiary/aromatic N) is 2. The van der Waals surface area contributed by atoms with Gasteiger partial charge in [-0.3, -0.25) is 0 Å². The van der Waals surface area contributed by atoms with Crippen molar-refractivity contribution < 1.29 is 4.74 Å². The van der Waals surface area contributed by atoms with Gasteiger partial charge >= 0.3 is 0 Å². The zero-order valence-electron chi connectivity index (χ0n) is 16.4. The number of hydrogen-bond acceptors (Lipinski definition) is 2. The first-order valence-corrected chi connectivity index (χ1v) is 9.93. The van der Waals surface area contributed by atoms with Crippen molar-refractivity contribution in [2.75, 3.05) is 6.61 Å². The van der Waals surface area contributed by atoms with E-state index in [0.717, 1.165) is 40.1 Å². The van der Waals surface area contributed by atoms with Gasteiger partial charge in [-0.25, -0.2) is 4.98 Å². The lowest BCUT2D eigenvalue weighted by molar-refractivity contribution is 0.304. The minimum atomic E-state index is 0.577. The number of aromatic nitrogens is 2. The van der Waals surface area contributed by atoms with Crippen molar-refractivity contribution in [3.63, 3.8) is 0 Å². The van der Waals surface area contributed by atoms with E-state index in [-0.39, 0.29) is 0 Å². The second-order valence-corrected chi connectivity index (χ2v) is 7.22. The van der Waals surface area contributed by atoms with Gasteiger partial charge in [0.2, 0.25) is 0 Å². The smallest absolute Gasteiger partial charge is 0.141 e. The first kappa shape index (κ1) is 17.5. The lowest BCUT2D eigenvalue weighted by Crippen LogP contribution is -2.10. The Hall–Kier alpha value is -3.59. The number of fused-ring (bicyclic) bond motifs is 2. The minimum Gasteiger partial charge on any atom is -0.491 e. The van der Waals surface area contributed by atoms with E-state index in [1.807, 2.05) is 18.2 Å². The molecule has 0 radical (unpaired) electrons. The Morgan fingerprint density at radius 1 is 0.793 bits per heavy atom. The van der Waals surface area contributed by atoms with Crippen LogP contribution in [-0.2, 0) is 6.54 Å². The van der Waals surface area contributed by atoms with Crippen molar-refractivity contribution in [3.05, 3.63) is 96.6 Å². The third-order valence-corrected chi connectivity index (χ3v) is 5.36. The third-order valence-electron chi connectivity index (χ3n) is 5.36. The Balaban J connectivity index is 1.49. The molecule has 0 atom stereocenters. The molecule has 142 valence electrons. The Morgan fingerprint density at radius 2 is 1.55 bits per heavy atom. The van der Waals surface area contributed by atoms with Gasteiger partial charge in [-0.1, -0.05) is 72.8 Å². The molecule has 0 spiro atoms. The molecule has 0 unspecified atom stereocenters. The first-order chi connectivity index (χ1) is 14.3. The van der Waals surface area contributed by atoms with Crippen LogP contribution in [0.1, 0.15) is 5.56 Å². The van der Waals surface area contributed by atoms with Crippen LogP contribution in [0.25, 0.3) is 33.2 Å². The number of imidazole rings is 1. The summed E-state index contributed by atoms with van der Waals surface area (Å²) in [5.74, 6) is 1.91. The van der Waals surface area contributed by atoms with Gasteiger partial charge in [-0.05, 0) is 36.1 Å². The number of benzene rings is 4. The molecule has 3 heteroatoms. The highest BCUT2D eigenvalue weighted by Crippen LogP contribution is 2.28. The van der Waals surface area contributed by atoms with Crippen molar-refractivity contribution in [2.24, 2.45) is 0 Å². The second kappa shape index (κ2) is 7.44. The monoisotopic (exact) mass is 378 g/mol. The van der Waals surface area contributed by atoms with Crippen molar-refractivity contribution in [1.82, 2.24) is 9.55 Å². The zero-order chi connectivity index (χ0) is 19.6.